The molecule has 112 valence electrons. The molecule has 6 heteroatoms. The van der Waals surface area contributed by atoms with Crippen LogP contribution in [0.3, 0.4) is 0 Å². The van der Waals surface area contributed by atoms with Crippen LogP contribution in [0.2, 0.25) is 0 Å². The molecule has 0 spiro atoms. The number of aryl methyl sites for hydroxylation is 2. The number of rotatable bonds is 5. The summed E-state index contributed by atoms with van der Waals surface area (Å²) in [7, 11) is 0. The number of benzene rings is 1. The predicted molar refractivity (Wildman–Crippen MR) is 81.9 cm³/mol. The van der Waals surface area contributed by atoms with Crippen LogP contribution < -0.4 is 10.6 Å². The van der Waals surface area contributed by atoms with Crippen molar-refractivity contribution >= 4 is 5.96 Å². The number of nitrogens with zero attached hydrogens (tertiary/aromatic N) is 3. The van der Waals surface area contributed by atoms with Crippen molar-refractivity contribution in [1.29, 1.82) is 0 Å². The Bertz CT molecular complexity index is 606. The molecule has 2 rings (SSSR count). The third-order valence-corrected chi connectivity index (χ3v) is 3.00. The second kappa shape index (κ2) is 7.42. The zero-order valence-corrected chi connectivity index (χ0v) is 12.7. The highest BCUT2D eigenvalue weighted by Gasteiger charge is 2.04. The van der Waals surface area contributed by atoms with Crippen LogP contribution in [0, 0.1) is 13.8 Å². The van der Waals surface area contributed by atoms with Crippen LogP contribution in [0.15, 0.2) is 33.8 Å². The van der Waals surface area contributed by atoms with Gasteiger partial charge in [0.2, 0.25) is 5.89 Å². The van der Waals surface area contributed by atoms with Crippen LogP contribution in [0.1, 0.15) is 29.8 Å². The van der Waals surface area contributed by atoms with E-state index < -0.39 is 0 Å². The average Bonchev–Trinajstić information content (AvgIpc) is 2.89. The smallest absolute Gasteiger partial charge is 0.223 e. The number of hydrogen-bond acceptors (Lipinski definition) is 4. The first-order chi connectivity index (χ1) is 10.2. The lowest BCUT2D eigenvalue weighted by Gasteiger charge is -2.10. The normalized spacial score (nSPS) is 11.5. The third-order valence-electron chi connectivity index (χ3n) is 3.00. The molecular formula is C15H21N5O. The van der Waals surface area contributed by atoms with Gasteiger partial charge in [-0.05, 0) is 25.0 Å². The Morgan fingerprint density at radius 1 is 1.24 bits per heavy atom. The molecule has 0 bridgehead atoms. The van der Waals surface area contributed by atoms with E-state index in [4.69, 9.17) is 4.52 Å². The molecule has 0 unspecified atom stereocenters. The van der Waals surface area contributed by atoms with E-state index in [0.717, 1.165) is 12.5 Å². The van der Waals surface area contributed by atoms with Crippen molar-refractivity contribution < 1.29 is 4.52 Å². The van der Waals surface area contributed by atoms with Gasteiger partial charge in [0.25, 0.3) is 0 Å². The lowest BCUT2D eigenvalue weighted by molar-refractivity contribution is 0.387. The van der Waals surface area contributed by atoms with Crippen LogP contribution >= 0.6 is 0 Å². The molecule has 0 fully saturated rings. The molecule has 1 aromatic carbocycles. The Kier molecular flexibility index (Phi) is 5.31. The van der Waals surface area contributed by atoms with Crippen molar-refractivity contribution in [3.63, 3.8) is 0 Å². The Morgan fingerprint density at radius 2 is 2.05 bits per heavy atom. The molecule has 0 amide bonds. The van der Waals surface area contributed by atoms with Gasteiger partial charge in [-0.25, -0.2) is 4.99 Å². The second-order valence-electron chi connectivity index (χ2n) is 4.70. The van der Waals surface area contributed by atoms with Gasteiger partial charge in [-0.15, -0.1) is 0 Å². The fraction of sp³-hybridized carbons (Fsp3) is 0.400. The first kappa shape index (κ1) is 15.0. The molecular weight excluding hydrogens is 266 g/mol. The Labute approximate surface area is 124 Å². The van der Waals surface area contributed by atoms with Crippen molar-refractivity contribution in [2.45, 2.75) is 33.9 Å². The van der Waals surface area contributed by atoms with Gasteiger partial charge in [-0.2, -0.15) is 4.98 Å². The predicted octanol–water partition coefficient (Wildman–Crippen LogP) is 1.94. The highest BCUT2D eigenvalue weighted by molar-refractivity contribution is 5.79. The molecule has 1 heterocycles. The van der Waals surface area contributed by atoms with Crippen molar-refractivity contribution in [3.05, 3.63) is 47.1 Å². The summed E-state index contributed by atoms with van der Waals surface area (Å²) < 4.78 is 4.94. The van der Waals surface area contributed by atoms with E-state index in [1.54, 1.807) is 6.92 Å². The molecule has 0 radical (unpaired) electrons. The van der Waals surface area contributed by atoms with E-state index in [1.807, 2.05) is 19.1 Å². The molecule has 0 aliphatic carbocycles. The summed E-state index contributed by atoms with van der Waals surface area (Å²) >= 11 is 0. The molecule has 6 nitrogen and oxygen atoms in total. The van der Waals surface area contributed by atoms with Crippen LogP contribution in [0.4, 0.5) is 0 Å². The van der Waals surface area contributed by atoms with Crippen molar-refractivity contribution in [3.8, 4) is 0 Å². The maximum Gasteiger partial charge on any atom is 0.223 e. The lowest BCUT2D eigenvalue weighted by Crippen LogP contribution is -2.37. The van der Waals surface area contributed by atoms with Gasteiger partial charge in [0.15, 0.2) is 11.8 Å². The number of aliphatic imine (C=N–C) groups is 1. The Morgan fingerprint density at radius 3 is 2.71 bits per heavy atom. The summed E-state index contributed by atoms with van der Waals surface area (Å²) in [5, 5.41) is 10.2. The van der Waals surface area contributed by atoms with E-state index in [1.165, 1.54) is 11.1 Å². The van der Waals surface area contributed by atoms with Crippen molar-refractivity contribution in [2.75, 3.05) is 6.54 Å². The third kappa shape index (κ3) is 4.59. The van der Waals surface area contributed by atoms with Gasteiger partial charge in [0.1, 0.15) is 0 Å². The fourth-order valence-electron chi connectivity index (χ4n) is 1.87. The van der Waals surface area contributed by atoms with E-state index in [0.29, 0.717) is 24.8 Å². The molecule has 0 atom stereocenters. The summed E-state index contributed by atoms with van der Waals surface area (Å²) in [6.45, 7) is 7.81. The van der Waals surface area contributed by atoms with E-state index in [-0.39, 0.29) is 0 Å². The molecule has 2 aromatic rings. The van der Waals surface area contributed by atoms with Gasteiger partial charge in [0, 0.05) is 13.5 Å². The molecule has 1 aromatic heterocycles. The summed E-state index contributed by atoms with van der Waals surface area (Å²) in [5.74, 6) is 1.92. The number of guanidine groups is 1. The lowest BCUT2D eigenvalue weighted by atomic mass is 10.1. The highest BCUT2D eigenvalue weighted by atomic mass is 16.5. The summed E-state index contributed by atoms with van der Waals surface area (Å²) in [6, 6.07) is 8.24. The van der Waals surface area contributed by atoms with E-state index in [2.05, 4.69) is 44.8 Å². The largest absolute Gasteiger partial charge is 0.357 e. The van der Waals surface area contributed by atoms with Crippen molar-refractivity contribution in [2.24, 2.45) is 4.99 Å². The summed E-state index contributed by atoms with van der Waals surface area (Å²) in [4.78, 5) is 8.73. The van der Waals surface area contributed by atoms with Crippen LogP contribution in [-0.4, -0.2) is 22.6 Å². The molecule has 21 heavy (non-hydrogen) atoms. The van der Waals surface area contributed by atoms with Gasteiger partial charge >= 0.3 is 0 Å². The topological polar surface area (TPSA) is 75.3 Å². The molecule has 0 aliphatic rings. The monoisotopic (exact) mass is 287 g/mol. The van der Waals surface area contributed by atoms with Crippen LogP contribution in [-0.2, 0) is 13.1 Å². The average molecular weight is 287 g/mol. The molecule has 0 saturated carbocycles. The van der Waals surface area contributed by atoms with Crippen molar-refractivity contribution in [1.82, 2.24) is 20.8 Å². The standard InChI is InChI=1S/C15H21N5O/c1-4-16-15(18-10-14-19-12(3)21-20-14)17-9-13-8-6-5-7-11(13)2/h5-8H,4,9-10H2,1-3H3,(H2,16,17,18). The minimum Gasteiger partial charge on any atom is -0.357 e. The highest BCUT2D eigenvalue weighted by Crippen LogP contribution is 2.07. The van der Waals surface area contributed by atoms with Gasteiger partial charge < -0.3 is 15.2 Å². The minimum atomic E-state index is 0.483. The summed E-state index contributed by atoms with van der Waals surface area (Å²) in [6.07, 6.45) is 0. The number of hydrogen-bond donors (Lipinski definition) is 2. The minimum absolute atomic E-state index is 0.483. The number of nitrogens with one attached hydrogen (secondary N) is 2. The Hall–Kier alpha value is -2.37. The fourth-order valence-corrected chi connectivity index (χ4v) is 1.87. The van der Waals surface area contributed by atoms with Gasteiger partial charge in [-0.3, -0.25) is 0 Å². The molecule has 2 N–H and O–H groups in total. The second-order valence-corrected chi connectivity index (χ2v) is 4.70. The number of aromatic nitrogens is 2. The summed E-state index contributed by atoms with van der Waals surface area (Å²) in [5.41, 5.74) is 2.45. The Balaban J connectivity index is 1.97. The zero-order valence-electron chi connectivity index (χ0n) is 12.7. The quantitative estimate of drug-likeness (QED) is 0.649. The zero-order chi connectivity index (χ0) is 15.1. The molecule has 0 aliphatic heterocycles. The SMILES string of the molecule is CCNC(=NCc1ccccc1C)NCc1noc(C)n1. The van der Waals surface area contributed by atoms with E-state index in [9.17, 15) is 0 Å². The van der Waals surface area contributed by atoms with Gasteiger partial charge in [0.05, 0.1) is 13.1 Å². The maximum absolute atomic E-state index is 4.94. The first-order valence-electron chi connectivity index (χ1n) is 7.05. The van der Waals surface area contributed by atoms with Crippen LogP contribution in [0.25, 0.3) is 0 Å². The van der Waals surface area contributed by atoms with Crippen LogP contribution in [0.5, 0.6) is 0 Å². The molecule has 0 saturated heterocycles. The van der Waals surface area contributed by atoms with E-state index >= 15 is 0 Å². The first-order valence-corrected chi connectivity index (χ1v) is 7.05. The maximum atomic E-state index is 4.94. The van der Waals surface area contributed by atoms with Gasteiger partial charge in [-0.1, -0.05) is 29.4 Å².